The molecule has 7 nitrogen and oxygen atoms in total. The lowest BCUT2D eigenvalue weighted by Crippen LogP contribution is -2.54. The van der Waals surface area contributed by atoms with Crippen LogP contribution in [0.4, 0.5) is 5.69 Å². The molecule has 0 aliphatic heterocycles. The highest BCUT2D eigenvalue weighted by molar-refractivity contribution is 7.92. The summed E-state index contributed by atoms with van der Waals surface area (Å²) >= 11 is 0. The molecule has 3 aromatic rings. The van der Waals surface area contributed by atoms with E-state index in [1.165, 1.54) is 48.4 Å². The molecule has 250 valence electrons. The minimum atomic E-state index is -3.82. The van der Waals surface area contributed by atoms with Crippen molar-refractivity contribution in [2.45, 2.75) is 89.3 Å². The van der Waals surface area contributed by atoms with Crippen molar-refractivity contribution in [3.8, 4) is 0 Å². The number of amides is 2. The Hall–Kier alpha value is -3.65. The van der Waals surface area contributed by atoms with Gasteiger partial charge in [0.15, 0.2) is 0 Å². The maximum Gasteiger partial charge on any atom is 0.244 e. The van der Waals surface area contributed by atoms with E-state index in [1.54, 1.807) is 4.90 Å². The van der Waals surface area contributed by atoms with Gasteiger partial charge in [0.1, 0.15) is 12.6 Å². The predicted molar refractivity (Wildman–Crippen MR) is 187 cm³/mol. The van der Waals surface area contributed by atoms with Crippen LogP contribution in [0.25, 0.3) is 0 Å². The zero-order valence-corrected chi connectivity index (χ0v) is 28.8. The van der Waals surface area contributed by atoms with E-state index in [9.17, 15) is 18.0 Å². The molecule has 4 fully saturated rings. The molecule has 2 atom stereocenters. The summed E-state index contributed by atoms with van der Waals surface area (Å²) in [6, 6.07) is 26.2. The van der Waals surface area contributed by atoms with E-state index in [0.717, 1.165) is 41.6 Å². The number of hydrogen-bond acceptors (Lipinski definition) is 4. The van der Waals surface area contributed by atoms with Gasteiger partial charge in [-0.3, -0.25) is 13.9 Å². The first kappa shape index (κ1) is 33.3. The van der Waals surface area contributed by atoms with Gasteiger partial charge in [-0.2, -0.15) is 0 Å². The van der Waals surface area contributed by atoms with Gasteiger partial charge >= 0.3 is 0 Å². The topological polar surface area (TPSA) is 86.8 Å². The second-order valence-electron chi connectivity index (χ2n) is 14.5. The minimum absolute atomic E-state index is 0.0746. The van der Waals surface area contributed by atoms with Crippen LogP contribution in [-0.2, 0) is 38.0 Å². The lowest BCUT2D eigenvalue weighted by Gasteiger charge is -2.57. The average molecular weight is 656 g/mol. The minimum Gasteiger partial charge on any atom is -0.352 e. The summed E-state index contributed by atoms with van der Waals surface area (Å²) < 4.78 is 27.8. The van der Waals surface area contributed by atoms with E-state index in [2.05, 4.69) is 17.4 Å². The van der Waals surface area contributed by atoms with E-state index in [1.807, 2.05) is 86.6 Å². The van der Waals surface area contributed by atoms with Crippen LogP contribution in [0.2, 0.25) is 0 Å². The molecule has 47 heavy (non-hydrogen) atoms. The van der Waals surface area contributed by atoms with Crippen molar-refractivity contribution in [1.29, 1.82) is 0 Å². The zero-order chi connectivity index (χ0) is 33.2. The van der Waals surface area contributed by atoms with Crippen LogP contribution in [-0.4, -0.2) is 50.0 Å². The van der Waals surface area contributed by atoms with Crippen LogP contribution < -0.4 is 9.62 Å². The van der Waals surface area contributed by atoms with Crippen molar-refractivity contribution in [2.24, 2.45) is 17.8 Å². The summed E-state index contributed by atoms with van der Waals surface area (Å²) in [5.74, 6) is 1.75. The molecule has 0 heterocycles. The Bertz CT molecular complexity index is 1610. The standard InChI is InChI=1S/C39H49N3O4S/c1-4-28(2)40-38(44)36(22-29-11-7-5-8-12-29)41(26-30-13-9-6-10-14-30)37(43)27-42(47(3,45)46)35-17-15-34(16-18-35)39-23-31-19-32(24-39)21-33(20-31)25-39/h5-18,28,31-33,36H,4,19-27H2,1-3H3,(H,40,44)/t28-,31?,32?,33?,36+,39?/m0/s1. The number of nitrogens with zero attached hydrogens (tertiary/aromatic N) is 2. The first-order valence-electron chi connectivity index (χ1n) is 17.3. The Balaban J connectivity index is 1.30. The molecule has 3 aromatic carbocycles. The van der Waals surface area contributed by atoms with E-state index in [-0.39, 0.29) is 23.9 Å². The maximum atomic E-state index is 14.4. The number of benzene rings is 3. The molecule has 0 unspecified atom stereocenters. The van der Waals surface area contributed by atoms with Gasteiger partial charge in [0.05, 0.1) is 11.9 Å². The Kier molecular flexibility index (Phi) is 9.79. The fourth-order valence-corrected chi connectivity index (χ4v) is 9.68. The Labute approximate surface area is 280 Å². The molecular weight excluding hydrogens is 607 g/mol. The van der Waals surface area contributed by atoms with E-state index in [4.69, 9.17) is 0 Å². The molecule has 0 aromatic heterocycles. The van der Waals surface area contributed by atoms with Crippen molar-refractivity contribution in [3.05, 3.63) is 102 Å². The molecule has 4 saturated carbocycles. The van der Waals surface area contributed by atoms with Gasteiger partial charge in [0.2, 0.25) is 21.8 Å². The molecule has 0 spiro atoms. The van der Waals surface area contributed by atoms with Gasteiger partial charge in [-0.05, 0) is 104 Å². The smallest absolute Gasteiger partial charge is 0.244 e. The summed E-state index contributed by atoms with van der Waals surface area (Å²) in [6.07, 6.45) is 9.96. The van der Waals surface area contributed by atoms with Gasteiger partial charge in [-0.15, -0.1) is 0 Å². The molecule has 8 heteroatoms. The molecule has 4 aliphatic carbocycles. The van der Waals surface area contributed by atoms with Gasteiger partial charge in [0, 0.05) is 19.0 Å². The third kappa shape index (κ3) is 7.58. The lowest BCUT2D eigenvalue weighted by molar-refractivity contribution is -0.140. The molecular formula is C39H49N3O4S. The third-order valence-electron chi connectivity index (χ3n) is 11.0. The Morgan fingerprint density at radius 2 is 1.36 bits per heavy atom. The van der Waals surface area contributed by atoms with Crippen molar-refractivity contribution in [1.82, 2.24) is 10.2 Å². The van der Waals surface area contributed by atoms with Crippen LogP contribution in [0.3, 0.4) is 0 Å². The van der Waals surface area contributed by atoms with Crippen molar-refractivity contribution >= 4 is 27.5 Å². The number of nitrogens with one attached hydrogen (secondary N) is 1. The number of carbonyl (C=O) groups is 2. The fourth-order valence-electron chi connectivity index (χ4n) is 8.83. The highest BCUT2D eigenvalue weighted by Crippen LogP contribution is 2.60. The Morgan fingerprint density at radius 1 is 0.830 bits per heavy atom. The lowest BCUT2D eigenvalue weighted by atomic mass is 9.48. The van der Waals surface area contributed by atoms with Crippen LogP contribution >= 0.6 is 0 Å². The maximum absolute atomic E-state index is 14.4. The van der Waals surface area contributed by atoms with Crippen LogP contribution in [0.15, 0.2) is 84.9 Å². The molecule has 4 aliphatic rings. The fraction of sp³-hybridized carbons (Fsp3) is 0.487. The largest absolute Gasteiger partial charge is 0.352 e. The van der Waals surface area contributed by atoms with Gasteiger partial charge in [0.25, 0.3) is 0 Å². The van der Waals surface area contributed by atoms with E-state index >= 15 is 0 Å². The number of carbonyl (C=O) groups excluding carboxylic acids is 2. The first-order chi connectivity index (χ1) is 22.5. The second-order valence-corrected chi connectivity index (χ2v) is 16.5. The first-order valence-corrected chi connectivity index (χ1v) is 19.1. The SMILES string of the molecule is CC[C@H](C)NC(=O)[C@@H](Cc1ccccc1)N(Cc1ccccc1)C(=O)CN(c1ccc(C23CC4CC(CC(C4)C2)C3)cc1)S(C)(=O)=O. The van der Waals surface area contributed by atoms with Crippen molar-refractivity contribution < 1.29 is 18.0 Å². The number of hydrogen-bond donors (Lipinski definition) is 1. The molecule has 1 N–H and O–H groups in total. The van der Waals surface area contributed by atoms with E-state index < -0.39 is 28.5 Å². The molecule has 0 radical (unpaired) electrons. The summed E-state index contributed by atoms with van der Waals surface area (Å²) in [7, 11) is -3.82. The molecule has 4 bridgehead atoms. The quantitative estimate of drug-likeness (QED) is 0.229. The van der Waals surface area contributed by atoms with Gasteiger partial charge in [-0.25, -0.2) is 8.42 Å². The normalized spacial score (nSPS) is 24.4. The highest BCUT2D eigenvalue weighted by atomic mass is 32.2. The molecule has 2 amide bonds. The van der Waals surface area contributed by atoms with Crippen LogP contribution in [0.1, 0.15) is 75.5 Å². The third-order valence-corrected chi connectivity index (χ3v) is 12.1. The summed E-state index contributed by atoms with van der Waals surface area (Å²) in [5.41, 5.74) is 3.75. The summed E-state index contributed by atoms with van der Waals surface area (Å²) in [5, 5.41) is 3.08. The summed E-state index contributed by atoms with van der Waals surface area (Å²) in [6.45, 7) is 3.72. The molecule has 0 saturated heterocycles. The van der Waals surface area contributed by atoms with Crippen molar-refractivity contribution in [2.75, 3.05) is 17.1 Å². The van der Waals surface area contributed by atoms with Gasteiger partial charge in [-0.1, -0.05) is 79.7 Å². The zero-order valence-electron chi connectivity index (χ0n) is 28.0. The number of rotatable bonds is 13. The molecule has 7 rings (SSSR count). The summed E-state index contributed by atoms with van der Waals surface area (Å²) in [4.78, 5) is 29.8. The number of anilines is 1. The van der Waals surface area contributed by atoms with Crippen molar-refractivity contribution in [3.63, 3.8) is 0 Å². The average Bonchev–Trinajstić information content (AvgIpc) is 3.05. The van der Waals surface area contributed by atoms with Crippen LogP contribution in [0, 0.1) is 17.8 Å². The Morgan fingerprint density at radius 3 is 1.87 bits per heavy atom. The number of sulfonamides is 1. The monoisotopic (exact) mass is 655 g/mol. The van der Waals surface area contributed by atoms with E-state index in [0.29, 0.717) is 12.1 Å². The van der Waals surface area contributed by atoms with Gasteiger partial charge < -0.3 is 10.2 Å². The predicted octanol–water partition coefficient (Wildman–Crippen LogP) is 6.48. The highest BCUT2D eigenvalue weighted by Gasteiger charge is 2.51. The van der Waals surface area contributed by atoms with Crippen LogP contribution in [0.5, 0.6) is 0 Å². The second kappa shape index (κ2) is 13.8.